The van der Waals surface area contributed by atoms with Crippen LogP contribution in [0.15, 0.2) is 53.6 Å². The predicted octanol–water partition coefficient (Wildman–Crippen LogP) is 5.38. The first-order valence-corrected chi connectivity index (χ1v) is 7.79. The van der Waals surface area contributed by atoms with E-state index >= 15 is 0 Å². The lowest BCUT2D eigenvalue weighted by Crippen LogP contribution is -2.08. The Balaban J connectivity index is 2.27. The van der Waals surface area contributed by atoms with Gasteiger partial charge in [-0.1, -0.05) is 17.2 Å². The van der Waals surface area contributed by atoms with Crippen LogP contribution in [0, 0.1) is 11.3 Å². The van der Waals surface area contributed by atoms with Gasteiger partial charge in [0.25, 0.3) is 0 Å². The molecule has 2 aromatic carbocycles. The lowest BCUT2D eigenvalue weighted by molar-refractivity contribution is -0.141. The first kappa shape index (κ1) is 18.8. The number of methoxy groups -OCH3 is 1. The van der Waals surface area contributed by atoms with Gasteiger partial charge in [0.1, 0.15) is 17.4 Å². The molecule has 0 saturated heterocycles. The number of halogens is 3. The largest absolute Gasteiger partial charge is 0.497 e. The number of nitrogens with zero attached hydrogens (tertiary/aromatic N) is 6. The second-order valence-electron chi connectivity index (χ2n) is 5.53. The van der Waals surface area contributed by atoms with Gasteiger partial charge in [-0.25, -0.2) is 4.68 Å². The Labute approximate surface area is 156 Å². The van der Waals surface area contributed by atoms with E-state index in [-0.39, 0.29) is 11.4 Å². The molecule has 0 bridgehead atoms. The van der Waals surface area contributed by atoms with Crippen LogP contribution in [-0.4, -0.2) is 16.9 Å². The third-order valence-electron chi connectivity index (χ3n) is 3.88. The molecule has 0 N–H and O–H groups in total. The van der Waals surface area contributed by atoms with Gasteiger partial charge in [-0.05, 0) is 41.9 Å². The zero-order valence-corrected chi connectivity index (χ0v) is 14.3. The maximum atomic E-state index is 13.4. The number of hydrogen-bond donors (Lipinski definition) is 0. The summed E-state index contributed by atoms with van der Waals surface area (Å²) in [5.41, 5.74) is 7.53. The van der Waals surface area contributed by atoms with Crippen molar-refractivity contribution < 1.29 is 17.9 Å². The molecule has 0 aliphatic rings. The van der Waals surface area contributed by atoms with Gasteiger partial charge in [0.05, 0.1) is 18.5 Å². The van der Waals surface area contributed by atoms with Crippen molar-refractivity contribution in [1.82, 2.24) is 9.78 Å². The fourth-order valence-corrected chi connectivity index (χ4v) is 2.64. The summed E-state index contributed by atoms with van der Waals surface area (Å²) in [6.07, 6.45) is -4.80. The molecule has 0 atom stereocenters. The van der Waals surface area contributed by atoms with Gasteiger partial charge in [-0.3, -0.25) is 0 Å². The third kappa shape index (κ3) is 3.47. The van der Waals surface area contributed by atoms with Crippen LogP contribution in [-0.2, 0) is 6.18 Å². The molecule has 0 saturated carbocycles. The monoisotopic (exact) mass is 384 g/mol. The van der Waals surface area contributed by atoms with E-state index in [1.54, 1.807) is 30.3 Å². The van der Waals surface area contributed by atoms with E-state index in [0.29, 0.717) is 17.0 Å². The highest BCUT2D eigenvalue weighted by atomic mass is 19.4. The Bertz CT molecular complexity index is 1090. The zero-order valence-electron chi connectivity index (χ0n) is 14.3. The van der Waals surface area contributed by atoms with E-state index < -0.39 is 17.4 Å². The molecule has 7 nitrogen and oxygen atoms in total. The quantitative estimate of drug-likeness (QED) is 0.343. The minimum Gasteiger partial charge on any atom is -0.497 e. The molecule has 0 amide bonds. The lowest BCUT2D eigenvalue weighted by Gasteiger charge is -2.09. The fraction of sp³-hybridized carbons (Fsp3) is 0.111. The van der Waals surface area contributed by atoms with Crippen LogP contribution in [0.1, 0.15) is 11.3 Å². The molecule has 0 radical (unpaired) electrons. The van der Waals surface area contributed by atoms with Gasteiger partial charge >= 0.3 is 6.18 Å². The van der Waals surface area contributed by atoms with Gasteiger partial charge in [0.2, 0.25) is 0 Å². The molecule has 0 aliphatic heterocycles. The standard InChI is InChI=1S/C18H11F3N6O/c1-28-14-8-2-11(3-9-14)16-15(10-22)17(18(19,20)21)25-27(16)13-6-4-12(5-7-13)24-26-23/h2-9H,1H3. The van der Waals surface area contributed by atoms with Crippen LogP contribution in [0.5, 0.6) is 5.75 Å². The van der Waals surface area contributed by atoms with E-state index in [2.05, 4.69) is 15.1 Å². The Kier molecular flexibility index (Phi) is 4.94. The molecule has 10 heteroatoms. The molecular weight excluding hydrogens is 373 g/mol. The average Bonchev–Trinajstić information content (AvgIpc) is 3.09. The van der Waals surface area contributed by atoms with Gasteiger partial charge in [0.15, 0.2) is 5.69 Å². The van der Waals surface area contributed by atoms with Crippen molar-refractivity contribution in [2.45, 2.75) is 6.18 Å². The van der Waals surface area contributed by atoms with Gasteiger partial charge < -0.3 is 4.74 Å². The molecule has 0 spiro atoms. The summed E-state index contributed by atoms with van der Waals surface area (Å²) >= 11 is 0. The van der Waals surface area contributed by atoms with Crippen molar-refractivity contribution in [2.24, 2.45) is 5.11 Å². The molecule has 1 aromatic heterocycles. The first-order valence-electron chi connectivity index (χ1n) is 7.79. The summed E-state index contributed by atoms with van der Waals surface area (Å²) in [7, 11) is 1.47. The van der Waals surface area contributed by atoms with Crippen molar-refractivity contribution in [3.8, 4) is 28.8 Å². The molecule has 28 heavy (non-hydrogen) atoms. The maximum Gasteiger partial charge on any atom is 0.436 e. The van der Waals surface area contributed by atoms with Crippen molar-refractivity contribution >= 4 is 5.69 Å². The SMILES string of the molecule is COc1ccc(-c2c(C#N)c(C(F)(F)F)nn2-c2ccc(N=[N+]=[N-])cc2)cc1. The Morgan fingerprint density at radius 3 is 2.29 bits per heavy atom. The molecule has 140 valence electrons. The molecule has 3 aromatic rings. The number of nitriles is 1. The molecule has 0 aliphatic carbocycles. The highest BCUT2D eigenvalue weighted by molar-refractivity contribution is 5.71. The van der Waals surface area contributed by atoms with Crippen molar-refractivity contribution in [3.63, 3.8) is 0 Å². The summed E-state index contributed by atoms with van der Waals surface area (Å²) in [5, 5.41) is 16.5. The van der Waals surface area contributed by atoms with Gasteiger partial charge in [0, 0.05) is 16.2 Å². The predicted molar refractivity (Wildman–Crippen MR) is 94.1 cm³/mol. The maximum absolute atomic E-state index is 13.4. The Hall–Kier alpha value is -3.96. The number of benzene rings is 2. The molecule has 1 heterocycles. The van der Waals surface area contributed by atoms with Gasteiger partial charge in [-0.2, -0.15) is 23.5 Å². The van der Waals surface area contributed by atoms with E-state index in [1.165, 1.54) is 31.4 Å². The van der Waals surface area contributed by atoms with Crippen LogP contribution in [0.25, 0.3) is 27.4 Å². The van der Waals surface area contributed by atoms with E-state index in [9.17, 15) is 18.4 Å². The van der Waals surface area contributed by atoms with Crippen LogP contribution >= 0.6 is 0 Å². The molecule has 0 unspecified atom stereocenters. The first-order chi connectivity index (χ1) is 13.4. The van der Waals surface area contributed by atoms with Crippen LogP contribution < -0.4 is 4.74 Å². The van der Waals surface area contributed by atoms with Crippen molar-refractivity contribution in [3.05, 3.63) is 70.2 Å². The summed E-state index contributed by atoms with van der Waals surface area (Å²) in [4.78, 5) is 2.65. The van der Waals surface area contributed by atoms with Crippen molar-refractivity contribution in [1.29, 1.82) is 5.26 Å². The summed E-state index contributed by atoms with van der Waals surface area (Å²) in [5.74, 6) is 0.517. The highest BCUT2D eigenvalue weighted by Crippen LogP contribution is 2.37. The second kappa shape index (κ2) is 7.34. The third-order valence-corrected chi connectivity index (χ3v) is 3.88. The Morgan fingerprint density at radius 1 is 1.14 bits per heavy atom. The topological polar surface area (TPSA) is 99.6 Å². The number of azide groups is 1. The number of alkyl halides is 3. The fourth-order valence-electron chi connectivity index (χ4n) is 2.64. The number of hydrogen-bond acceptors (Lipinski definition) is 4. The van der Waals surface area contributed by atoms with Crippen molar-refractivity contribution in [2.75, 3.05) is 7.11 Å². The summed E-state index contributed by atoms with van der Waals surface area (Å²) in [6, 6.07) is 13.6. The van der Waals surface area contributed by atoms with Gasteiger partial charge in [-0.15, -0.1) is 0 Å². The average molecular weight is 384 g/mol. The highest BCUT2D eigenvalue weighted by Gasteiger charge is 2.40. The number of ether oxygens (including phenoxy) is 1. The van der Waals surface area contributed by atoms with E-state index in [4.69, 9.17) is 10.3 Å². The Morgan fingerprint density at radius 2 is 1.79 bits per heavy atom. The molecule has 0 fully saturated rings. The smallest absolute Gasteiger partial charge is 0.436 e. The zero-order chi connectivity index (χ0) is 20.3. The second-order valence-corrected chi connectivity index (χ2v) is 5.53. The van der Waals surface area contributed by atoms with Crippen LogP contribution in [0.2, 0.25) is 0 Å². The van der Waals surface area contributed by atoms with Crippen LogP contribution in [0.4, 0.5) is 18.9 Å². The molecular formula is C18H11F3N6O. The number of aromatic nitrogens is 2. The lowest BCUT2D eigenvalue weighted by atomic mass is 10.1. The van der Waals surface area contributed by atoms with Crippen LogP contribution in [0.3, 0.4) is 0 Å². The minimum absolute atomic E-state index is 0.00554. The minimum atomic E-state index is -4.80. The normalized spacial score (nSPS) is 10.8. The summed E-state index contributed by atoms with van der Waals surface area (Å²) < 4.78 is 46.4. The van der Waals surface area contributed by atoms with E-state index in [0.717, 1.165) is 4.68 Å². The number of rotatable bonds is 4. The summed E-state index contributed by atoms with van der Waals surface area (Å²) in [6.45, 7) is 0. The van der Waals surface area contributed by atoms with E-state index in [1.807, 2.05) is 0 Å². The molecule has 3 rings (SSSR count).